The molecule has 3 nitrogen and oxygen atoms in total. The molecular formula is C10H12ClFO3. The molecule has 0 aromatic heterocycles. The first-order valence-electron chi connectivity index (χ1n) is 4.46. The number of rotatable bonds is 4. The predicted molar refractivity (Wildman–Crippen MR) is 54.4 cm³/mol. The Bertz CT molecular complexity index is 332. The summed E-state index contributed by atoms with van der Waals surface area (Å²) >= 11 is 5.40. The van der Waals surface area contributed by atoms with Gasteiger partial charge in [0.15, 0.2) is 0 Å². The summed E-state index contributed by atoms with van der Waals surface area (Å²) in [5, 5.41) is 28.4. The van der Waals surface area contributed by atoms with E-state index in [4.69, 9.17) is 11.6 Å². The lowest BCUT2D eigenvalue weighted by atomic mass is 10.0. The Labute approximate surface area is 91.7 Å². The second kappa shape index (κ2) is 5.30. The van der Waals surface area contributed by atoms with Crippen molar-refractivity contribution in [3.8, 4) is 5.75 Å². The highest BCUT2D eigenvalue weighted by Crippen LogP contribution is 2.28. The lowest BCUT2D eigenvalue weighted by Gasteiger charge is -2.18. The van der Waals surface area contributed by atoms with E-state index < -0.39 is 18.0 Å². The molecule has 2 unspecified atom stereocenters. The second-order valence-electron chi connectivity index (χ2n) is 3.19. The summed E-state index contributed by atoms with van der Waals surface area (Å²) in [6.45, 7) is 0. The number of phenols is 1. The average Bonchev–Trinajstić information content (AvgIpc) is 2.17. The van der Waals surface area contributed by atoms with Crippen molar-refractivity contribution in [3.63, 3.8) is 0 Å². The van der Waals surface area contributed by atoms with Gasteiger partial charge in [-0.15, -0.1) is 11.6 Å². The molecule has 0 radical (unpaired) electrons. The topological polar surface area (TPSA) is 60.7 Å². The Morgan fingerprint density at radius 3 is 2.53 bits per heavy atom. The normalized spacial score (nSPS) is 14.9. The molecule has 0 saturated heterocycles. The maximum atomic E-state index is 12.6. The first kappa shape index (κ1) is 12.2. The highest BCUT2D eigenvalue weighted by Gasteiger charge is 2.20. The van der Waals surface area contributed by atoms with Gasteiger partial charge in [-0.2, -0.15) is 0 Å². The van der Waals surface area contributed by atoms with E-state index in [2.05, 4.69) is 0 Å². The van der Waals surface area contributed by atoms with E-state index in [0.29, 0.717) is 0 Å². The summed E-state index contributed by atoms with van der Waals surface area (Å²) in [6.07, 6.45) is -2.14. The number of phenolic OH excluding ortho intramolecular Hbond substituents is 1. The number of aliphatic hydroxyl groups excluding tert-OH is 2. The summed E-state index contributed by atoms with van der Waals surface area (Å²) in [6, 6.07) is 3.21. The Balaban J connectivity index is 2.86. The third kappa shape index (κ3) is 3.06. The monoisotopic (exact) mass is 234 g/mol. The van der Waals surface area contributed by atoms with Crippen LogP contribution in [0.4, 0.5) is 4.39 Å². The number of alkyl halides is 1. The molecule has 0 saturated carbocycles. The van der Waals surface area contributed by atoms with Gasteiger partial charge in [0.2, 0.25) is 0 Å². The molecule has 1 rings (SSSR count). The van der Waals surface area contributed by atoms with E-state index in [1.165, 1.54) is 6.07 Å². The fourth-order valence-corrected chi connectivity index (χ4v) is 1.47. The first-order chi connectivity index (χ1) is 7.06. The van der Waals surface area contributed by atoms with Gasteiger partial charge < -0.3 is 15.3 Å². The van der Waals surface area contributed by atoms with E-state index in [9.17, 15) is 19.7 Å². The van der Waals surface area contributed by atoms with Crippen molar-refractivity contribution in [2.45, 2.75) is 18.6 Å². The van der Waals surface area contributed by atoms with Crippen molar-refractivity contribution in [2.75, 3.05) is 5.88 Å². The Kier molecular flexibility index (Phi) is 4.32. The van der Waals surface area contributed by atoms with Gasteiger partial charge in [0, 0.05) is 17.5 Å². The zero-order valence-corrected chi connectivity index (χ0v) is 8.65. The van der Waals surface area contributed by atoms with E-state index >= 15 is 0 Å². The molecule has 3 N–H and O–H groups in total. The molecular weight excluding hydrogens is 223 g/mol. The molecule has 1 aromatic carbocycles. The number of benzene rings is 1. The van der Waals surface area contributed by atoms with Crippen LogP contribution < -0.4 is 0 Å². The van der Waals surface area contributed by atoms with Crippen LogP contribution in [0, 0.1) is 5.82 Å². The smallest absolute Gasteiger partial charge is 0.126 e. The fraction of sp³-hybridized carbons (Fsp3) is 0.400. The summed E-state index contributed by atoms with van der Waals surface area (Å²) in [5.41, 5.74) is 0.0917. The minimum absolute atomic E-state index is 0.0917. The maximum Gasteiger partial charge on any atom is 0.126 e. The van der Waals surface area contributed by atoms with Crippen LogP contribution in [-0.4, -0.2) is 27.3 Å². The van der Waals surface area contributed by atoms with Crippen molar-refractivity contribution >= 4 is 11.6 Å². The molecule has 84 valence electrons. The van der Waals surface area contributed by atoms with Gasteiger partial charge in [-0.25, -0.2) is 4.39 Å². The number of halogens is 2. The quantitative estimate of drug-likeness (QED) is 0.693. The lowest BCUT2D eigenvalue weighted by Crippen LogP contribution is -2.18. The standard InChI is InChI=1S/C10H12ClFO3/c11-4-3-8(13)10(15)7-2-1-6(12)5-9(7)14/h1-2,5,8,10,13-15H,3-4H2. The molecule has 1 aromatic rings. The van der Waals surface area contributed by atoms with Gasteiger partial charge in [-0.05, 0) is 18.6 Å². The van der Waals surface area contributed by atoms with E-state index in [1.54, 1.807) is 0 Å². The molecule has 15 heavy (non-hydrogen) atoms. The summed E-state index contributed by atoms with van der Waals surface area (Å²) in [7, 11) is 0. The van der Waals surface area contributed by atoms with E-state index in [-0.39, 0.29) is 23.6 Å². The zero-order chi connectivity index (χ0) is 11.4. The molecule has 5 heteroatoms. The van der Waals surface area contributed by atoms with Gasteiger partial charge in [-0.1, -0.05) is 0 Å². The van der Waals surface area contributed by atoms with Crippen LogP contribution in [-0.2, 0) is 0 Å². The highest BCUT2D eigenvalue weighted by atomic mass is 35.5. The number of hydrogen-bond acceptors (Lipinski definition) is 3. The van der Waals surface area contributed by atoms with Crippen LogP contribution in [0.5, 0.6) is 5.75 Å². The number of aromatic hydroxyl groups is 1. The third-order valence-corrected chi connectivity index (χ3v) is 2.30. The second-order valence-corrected chi connectivity index (χ2v) is 3.57. The minimum atomic E-state index is -1.26. The lowest BCUT2D eigenvalue weighted by molar-refractivity contribution is 0.0156. The largest absolute Gasteiger partial charge is 0.507 e. The SMILES string of the molecule is Oc1cc(F)ccc1C(O)C(O)CCCl. The minimum Gasteiger partial charge on any atom is -0.507 e. The van der Waals surface area contributed by atoms with E-state index in [0.717, 1.165) is 12.1 Å². The maximum absolute atomic E-state index is 12.6. The van der Waals surface area contributed by atoms with Crippen LogP contribution in [0.2, 0.25) is 0 Å². The van der Waals surface area contributed by atoms with Gasteiger partial charge in [0.05, 0.1) is 6.10 Å². The molecule has 0 bridgehead atoms. The van der Waals surface area contributed by atoms with Crippen LogP contribution in [0.15, 0.2) is 18.2 Å². The summed E-state index contributed by atoms with van der Waals surface area (Å²) in [5.74, 6) is -0.786. The Morgan fingerprint density at radius 2 is 2.00 bits per heavy atom. The Hall–Kier alpha value is -0.840. The molecule has 0 amide bonds. The van der Waals surface area contributed by atoms with Crippen LogP contribution in [0.3, 0.4) is 0 Å². The van der Waals surface area contributed by atoms with Crippen molar-refractivity contribution in [1.29, 1.82) is 0 Å². The van der Waals surface area contributed by atoms with Crippen molar-refractivity contribution in [3.05, 3.63) is 29.6 Å². The van der Waals surface area contributed by atoms with Crippen LogP contribution in [0.1, 0.15) is 18.1 Å². The fourth-order valence-electron chi connectivity index (χ4n) is 1.24. The number of aliphatic hydroxyl groups is 2. The van der Waals surface area contributed by atoms with Gasteiger partial charge >= 0.3 is 0 Å². The molecule has 0 fully saturated rings. The molecule has 0 aliphatic heterocycles. The first-order valence-corrected chi connectivity index (χ1v) is 5.00. The van der Waals surface area contributed by atoms with Crippen molar-refractivity contribution in [2.24, 2.45) is 0 Å². The van der Waals surface area contributed by atoms with Crippen molar-refractivity contribution in [1.82, 2.24) is 0 Å². The summed E-state index contributed by atoms with van der Waals surface area (Å²) < 4.78 is 12.6. The molecule has 0 heterocycles. The van der Waals surface area contributed by atoms with Gasteiger partial charge in [-0.3, -0.25) is 0 Å². The van der Waals surface area contributed by atoms with Crippen molar-refractivity contribution < 1.29 is 19.7 Å². The number of hydrogen-bond donors (Lipinski definition) is 3. The van der Waals surface area contributed by atoms with Gasteiger partial charge in [0.1, 0.15) is 17.7 Å². The average molecular weight is 235 g/mol. The molecule has 0 aliphatic carbocycles. The molecule has 2 atom stereocenters. The van der Waals surface area contributed by atoms with Gasteiger partial charge in [0.25, 0.3) is 0 Å². The van der Waals surface area contributed by atoms with E-state index in [1.807, 2.05) is 0 Å². The zero-order valence-electron chi connectivity index (χ0n) is 7.90. The summed E-state index contributed by atoms with van der Waals surface area (Å²) in [4.78, 5) is 0. The third-order valence-electron chi connectivity index (χ3n) is 2.08. The predicted octanol–water partition coefficient (Wildman–Crippen LogP) is 1.55. The Morgan fingerprint density at radius 1 is 1.33 bits per heavy atom. The van der Waals surface area contributed by atoms with Crippen LogP contribution in [0.25, 0.3) is 0 Å². The van der Waals surface area contributed by atoms with Crippen LogP contribution >= 0.6 is 11.6 Å². The molecule has 0 aliphatic rings. The molecule has 0 spiro atoms. The highest BCUT2D eigenvalue weighted by molar-refractivity contribution is 6.17.